The minimum Gasteiger partial charge on any atom is -0.476 e. The van der Waals surface area contributed by atoms with E-state index >= 15 is 0 Å². The predicted octanol–water partition coefficient (Wildman–Crippen LogP) is 2.80. The van der Waals surface area contributed by atoms with Crippen molar-refractivity contribution in [2.75, 3.05) is 6.61 Å². The molecule has 2 heterocycles. The van der Waals surface area contributed by atoms with Crippen LogP contribution in [0.25, 0.3) is 0 Å². The molecule has 4 nitrogen and oxygen atoms in total. The third-order valence-electron chi connectivity index (χ3n) is 2.01. The molecule has 0 N–H and O–H groups in total. The van der Waals surface area contributed by atoms with Crippen LogP contribution in [0.3, 0.4) is 0 Å². The fourth-order valence-corrected chi connectivity index (χ4v) is 1.50. The Kier molecular flexibility index (Phi) is 4.12. The van der Waals surface area contributed by atoms with Gasteiger partial charge in [-0.05, 0) is 23.7 Å². The quantitative estimate of drug-likeness (QED) is 0.801. The van der Waals surface area contributed by atoms with Crippen LogP contribution >= 0.6 is 23.2 Å². The molecule has 0 radical (unpaired) electrons. The molecule has 0 aliphatic heterocycles. The molecule has 0 aliphatic carbocycles. The lowest BCUT2D eigenvalue weighted by Gasteiger charge is -2.06. The number of ether oxygens (including phenoxy) is 1. The first kappa shape index (κ1) is 12.1. The number of hydrogen-bond acceptors (Lipinski definition) is 4. The molecule has 0 saturated heterocycles. The Morgan fingerprint density at radius 3 is 2.82 bits per heavy atom. The van der Waals surface area contributed by atoms with Crippen LogP contribution in [0.5, 0.6) is 5.88 Å². The normalized spacial score (nSPS) is 10.2. The average Bonchev–Trinajstić information content (AvgIpc) is 2.35. The van der Waals surface area contributed by atoms with Crippen LogP contribution in [0.1, 0.15) is 5.69 Å². The minimum atomic E-state index is 0.113. The third-order valence-corrected chi connectivity index (χ3v) is 2.45. The lowest BCUT2D eigenvalue weighted by Crippen LogP contribution is -2.04. The molecule has 0 bridgehead atoms. The fourth-order valence-electron chi connectivity index (χ4n) is 1.23. The average molecular weight is 270 g/mol. The second kappa shape index (κ2) is 5.80. The SMILES string of the molecule is Clc1ncc(Cl)c(OCCc2ccccn2)n1. The molecule has 0 amide bonds. The smallest absolute Gasteiger partial charge is 0.237 e. The molecule has 0 aliphatic rings. The largest absolute Gasteiger partial charge is 0.476 e. The standard InChI is InChI=1S/C11H9Cl2N3O/c12-9-7-15-11(13)16-10(9)17-6-4-8-3-1-2-5-14-8/h1-3,5,7H,4,6H2. The molecular weight excluding hydrogens is 261 g/mol. The van der Waals surface area contributed by atoms with Crippen molar-refractivity contribution < 1.29 is 4.74 Å². The molecule has 0 fully saturated rings. The van der Waals surface area contributed by atoms with Gasteiger partial charge in [0.25, 0.3) is 0 Å². The number of aromatic nitrogens is 3. The van der Waals surface area contributed by atoms with Gasteiger partial charge in [0.1, 0.15) is 5.02 Å². The van der Waals surface area contributed by atoms with Crippen LogP contribution in [0.15, 0.2) is 30.6 Å². The van der Waals surface area contributed by atoms with E-state index in [9.17, 15) is 0 Å². The second-order valence-electron chi connectivity index (χ2n) is 3.21. The highest BCUT2D eigenvalue weighted by Crippen LogP contribution is 2.21. The zero-order chi connectivity index (χ0) is 12.1. The summed E-state index contributed by atoms with van der Waals surface area (Å²) in [5, 5.41) is 0.456. The molecule has 17 heavy (non-hydrogen) atoms. The number of nitrogens with zero attached hydrogens (tertiary/aromatic N) is 3. The van der Waals surface area contributed by atoms with Crippen molar-refractivity contribution in [3.05, 3.63) is 46.6 Å². The zero-order valence-corrected chi connectivity index (χ0v) is 10.3. The van der Waals surface area contributed by atoms with E-state index in [1.54, 1.807) is 6.20 Å². The number of hydrogen-bond donors (Lipinski definition) is 0. The highest BCUT2D eigenvalue weighted by molar-refractivity contribution is 6.32. The maximum Gasteiger partial charge on any atom is 0.237 e. The van der Waals surface area contributed by atoms with Gasteiger partial charge < -0.3 is 4.74 Å². The first-order valence-electron chi connectivity index (χ1n) is 4.96. The lowest BCUT2D eigenvalue weighted by molar-refractivity contribution is 0.308. The first-order chi connectivity index (χ1) is 8.25. The molecule has 6 heteroatoms. The Hall–Kier alpha value is -1.39. The first-order valence-corrected chi connectivity index (χ1v) is 5.72. The van der Waals surface area contributed by atoms with E-state index in [0.29, 0.717) is 23.9 Å². The van der Waals surface area contributed by atoms with Gasteiger partial charge in [-0.3, -0.25) is 4.98 Å². The van der Waals surface area contributed by atoms with E-state index in [1.807, 2.05) is 18.2 Å². The van der Waals surface area contributed by atoms with Crippen molar-refractivity contribution >= 4 is 23.2 Å². The molecule has 88 valence electrons. The molecule has 2 aromatic heterocycles. The summed E-state index contributed by atoms with van der Waals surface area (Å²) >= 11 is 11.5. The maximum atomic E-state index is 5.85. The summed E-state index contributed by atoms with van der Waals surface area (Å²) in [5.74, 6) is 0.294. The number of pyridine rings is 1. The van der Waals surface area contributed by atoms with Crippen LogP contribution in [0.2, 0.25) is 10.3 Å². The number of rotatable bonds is 4. The highest BCUT2D eigenvalue weighted by atomic mass is 35.5. The van der Waals surface area contributed by atoms with E-state index in [1.165, 1.54) is 6.20 Å². The Morgan fingerprint density at radius 1 is 1.18 bits per heavy atom. The Morgan fingerprint density at radius 2 is 2.06 bits per heavy atom. The van der Waals surface area contributed by atoms with Gasteiger partial charge in [0.05, 0.1) is 12.8 Å². The predicted molar refractivity (Wildman–Crippen MR) is 65.5 cm³/mol. The van der Waals surface area contributed by atoms with Crippen LogP contribution in [-0.2, 0) is 6.42 Å². The molecule has 0 saturated carbocycles. The van der Waals surface area contributed by atoms with Gasteiger partial charge in [0.2, 0.25) is 11.2 Å². The van der Waals surface area contributed by atoms with E-state index in [2.05, 4.69) is 15.0 Å². The summed E-state index contributed by atoms with van der Waals surface area (Å²) in [4.78, 5) is 11.8. The third kappa shape index (κ3) is 3.54. The van der Waals surface area contributed by atoms with Crippen LogP contribution < -0.4 is 4.74 Å². The van der Waals surface area contributed by atoms with Crippen molar-refractivity contribution in [2.24, 2.45) is 0 Å². The summed E-state index contributed by atoms with van der Waals surface area (Å²) in [6.07, 6.45) is 3.83. The Labute approximate surface area is 109 Å². The molecule has 0 atom stereocenters. The van der Waals surface area contributed by atoms with E-state index in [-0.39, 0.29) is 5.28 Å². The molecule has 0 spiro atoms. The van der Waals surface area contributed by atoms with Gasteiger partial charge in [-0.1, -0.05) is 17.7 Å². The van der Waals surface area contributed by atoms with Crippen molar-refractivity contribution in [2.45, 2.75) is 6.42 Å². The van der Waals surface area contributed by atoms with Crippen LogP contribution in [-0.4, -0.2) is 21.6 Å². The fraction of sp³-hybridized carbons (Fsp3) is 0.182. The van der Waals surface area contributed by atoms with Gasteiger partial charge in [-0.25, -0.2) is 4.98 Å². The monoisotopic (exact) mass is 269 g/mol. The second-order valence-corrected chi connectivity index (χ2v) is 3.96. The molecule has 2 rings (SSSR count). The molecule has 0 unspecified atom stereocenters. The van der Waals surface area contributed by atoms with Crippen LogP contribution in [0.4, 0.5) is 0 Å². The van der Waals surface area contributed by atoms with Gasteiger partial charge in [-0.15, -0.1) is 0 Å². The summed E-state index contributed by atoms with van der Waals surface area (Å²) in [6, 6.07) is 5.72. The van der Waals surface area contributed by atoms with Gasteiger partial charge >= 0.3 is 0 Å². The summed E-state index contributed by atoms with van der Waals surface area (Å²) in [6.45, 7) is 0.435. The highest BCUT2D eigenvalue weighted by Gasteiger charge is 2.05. The molecule has 0 aromatic carbocycles. The summed E-state index contributed by atoms with van der Waals surface area (Å²) < 4.78 is 5.41. The van der Waals surface area contributed by atoms with Gasteiger partial charge in [0.15, 0.2) is 0 Å². The van der Waals surface area contributed by atoms with Gasteiger partial charge in [0, 0.05) is 18.3 Å². The van der Waals surface area contributed by atoms with Gasteiger partial charge in [-0.2, -0.15) is 4.98 Å². The molecule has 2 aromatic rings. The van der Waals surface area contributed by atoms with Crippen molar-refractivity contribution in [3.63, 3.8) is 0 Å². The van der Waals surface area contributed by atoms with E-state index in [4.69, 9.17) is 27.9 Å². The Balaban J connectivity index is 1.92. The summed E-state index contributed by atoms with van der Waals surface area (Å²) in [5.41, 5.74) is 0.948. The van der Waals surface area contributed by atoms with Crippen molar-refractivity contribution in [3.8, 4) is 5.88 Å². The number of halogens is 2. The van der Waals surface area contributed by atoms with Crippen molar-refractivity contribution in [1.82, 2.24) is 15.0 Å². The van der Waals surface area contributed by atoms with Crippen molar-refractivity contribution in [1.29, 1.82) is 0 Å². The van der Waals surface area contributed by atoms with E-state index in [0.717, 1.165) is 5.69 Å². The van der Waals surface area contributed by atoms with Crippen LogP contribution in [0, 0.1) is 0 Å². The minimum absolute atomic E-state index is 0.113. The summed E-state index contributed by atoms with van der Waals surface area (Å²) in [7, 11) is 0. The topological polar surface area (TPSA) is 47.9 Å². The Bertz CT molecular complexity index is 493. The van der Waals surface area contributed by atoms with E-state index < -0.39 is 0 Å². The molecular formula is C11H9Cl2N3O. The lowest BCUT2D eigenvalue weighted by atomic mass is 10.3. The maximum absolute atomic E-state index is 5.85. The zero-order valence-electron chi connectivity index (χ0n) is 8.81.